The molecule has 2 aromatic carbocycles. The second-order valence-electron chi connectivity index (χ2n) is 6.20. The summed E-state index contributed by atoms with van der Waals surface area (Å²) in [5, 5.41) is 2.78. The molecule has 0 radical (unpaired) electrons. The van der Waals surface area contributed by atoms with Crippen molar-refractivity contribution in [2.45, 2.75) is 19.9 Å². The van der Waals surface area contributed by atoms with Crippen LogP contribution in [0, 0.1) is 17.6 Å². The SMILES string of the molecule is CC(C)C(NC(=O)c1cccc(F)c1F)c1ccc2c(c1)OCCO2. The maximum absolute atomic E-state index is 13.9. The van der Waals surface area contributed by atoms with E-state index in [4.69, 9.17) is 9.47 Å². The van der Waals surface area contributed by atoms with Crippen molar-refractivity contribution in [3.05, 3.63) is 59.2 Å². The van der Waals surface area contributed by atoms with E-state index >= 15 is 0 Å². The lowest BCUT2D eigenvalue weighted by molar-refractivity contribution is 0.0920. The minimum absolute atomic E-state index is 0.0307. The van der Waals surface area contributed by atoms with Crippen LogP contribution in [0.5, 0.6) is 11.5 Å². The topological polar surface area (TPSA) is 47.6 Å². The lowest BCUT2D eigenvalue weighted by Crippen LogP contribution is -2.32. The summed E-state index contributed by atoms with van der Waals surface area (Å²) in [6.45, 7) is 4.83. The molecule has 0 bridgehead atoms. The number of hydrogen-bond donors (Lipinski definition) is 1. The molecule has 1 N–H and O–H groups in total. The highest BCUT2D eigenvalue weighted by Gasteiger charge is 2.24. The molecule has 0 fully saturated rings. The number of hydrogen-bond acceptors (Lipinski definition) is 3. The van der Waals surface area contributed by atoms with Crippen LogP contribution in [-0.2, 0) is 0 Å². The van der Waals surface area contributed by atoms with E-state index in [1.807, 2.05) is 19.9 Å². The van der Waals surface area contributed by atoms with E-state index in [0.29, 0.717) is 24.7 Å². The molecule has 1 heterocycles. The fraction of sp³-hybridized carbons (Fsp3) is 0.316. The second-order valence-corrected chi connectivity index (χ2v) is 6.20. The van der Waals surface area contributed by atoms with E-state index in [2.05, 4.69) is 5.32 Å². The zero-order valence-electron chi connectivity index (χ0n) is 14.0. The Balaban J connectivity index is 1.87. The van der Waals surface area contributed by atoms with Gasteiger partial charge in [-0.2, -0.15) is 0 Å². The standard InChI is InChI=1S/C19H19F2NO3/c1-11(2)18(12-6-7-15-16(10-12)25-9-8-24-15)22-19(23)13-4-3-5-14(20)17(13)21/h3-7,10-11,18H,8-9H2,1-2H3,(H,22,23). The van der Waals surface area contributed by atoms with Gasteiger partial charge in [-0.1, -0.05) is 26.0 Å². The average molecular weight is 347 g/mol. The van der Waals surface area contributed by atoms with Crippen LogP contribution in [0.15, 0.2) is 36.4 Å². The molecular weight excluding hydrogens is 328 g/mol. The van der Waals surface area contributed by atoms with Crippen LogP contribution < -0.4 is 14.8 Å². The smallest absolute Gasteiger partial charge is 0.254 e. The van der Waals surface area contributed by atoms with Crippen molar-refractivity contribution in [1.82, 2.24) is 5.32 Å². The lowest BCUT2D eigenvalue weighted by atomic mass is 9.95. The minimum atomic E-state index is -1.15. The highest BCUT2D eigenvalue weighted by molar-refractivity contribution is 5.94. The van der Waals surface area contributed by atoms with E-state index in [-0.39, 0.29) is 17.5 Å². The van der Waals surface area contributed by atoms with E-state index in [1.54, 1.807) is 12.1 Å². The summed E-state index contributed by atoms with van der Waals surface area (Å²) in [4.78, 5) is 12.4. The number of ether oxygens (including phenoxy) is 2. The largest absolute Gasteiger partial charge is 0.486 e. The number of carbonyl (C=O) groups is 1. The Labute approximate surface area is 144 Å². The van der Waals surface area contributed by atoms with Gasteiger partial charge in [-0.05, 0) is 35.7 Å². The Morgan fingerprint density at radius 3 is 2.52 bits per heavy atom. The zero-order chi connectivity index (χ0) is 18.0. The van der Waals surface area contributed by atoms with Crippen LogP contribution in [0.1, 0.15) is 35.8 Å². The minimum Gasteiger partial charge on any atom is -0.486 e. The molecule has 1 unspecified atom stereocenters. The Hall–Kier alpha value is -2.63. The van der Waals surface area contributed by atoms with Crippen LogP contribution in [0.25, 0.3) is 0 Å². The summed E-state index contributed by atoms with van der Waals surface area (Å²) in [6, 6.07) is 8.59. The first-order chi connectivity index (χ1) is 12.0. The molecule has 1 atom stereocenters. The number of amides is 1. The van der Waals surface area contributed by atoms with Crippen LogP contribution in [0.3, 0.4) is 0 Å². The highest BCUT2D eigenvalue weighted by Crippen LogP contribution is 2.34. The van der Waals surface area contributed by atoms with Gasteiger partial charge in [0.15, 0.2) is 23.1 Å². The molecule has 0 saturated carbocycles. The van der Waals surface area contributed by atoms with Crippen molar-refractivity contribution in [2.75, 3.05) is 13.2 Å². The first kappa shape index (κ1) is 17.2. The summed E-state index contributed by atoms with van der Waals surface area (Å²) in [7, 11) is 0. The molecule has 25 heavy (non-hydrogen) atoms. The van der Waals surface area contributed by atoms with Crippen molar-refractivity contribution in [2.24, 2.45) is 5.92 Å². The number of fused-ring (bicyclic) bond motifs is 1. The van der Waals surface area contributed by atoms with Crippen molar-refractivity contribution >= 4 is 5.91 Å². The molecule has 3 rings (SSSR count). The Morgan fingerprint density at radius 2 is 1.80 bits per heavy atom. The van der Waals surface area contributed by atoms with Crippen LogP contribution in [-0.4, -0.2) is 19.1 Å². The van der Waals surface area contributed by atoms with Crippen molar-refractivity contribution < 1.29 is 23.0 Å². The molecule has 0 aromatic heterocycles. The molecule has 1 aliphatic rings. The quantitative estimate of drug-likeness (QED) is 0.913. The van der Waals surface area contributed by atoms with Gasteiger partial charge in [0.25, 0.3) is 5.91 Å². The fourth-order valence-corrected chi connectivity index (χ4v) is 2.79. The van der Waals surface area contributed by atoms with E-state index < -0.39 is 17.5 Å². The van der Waals surface area contributed by atoms with Crippen molar-refractivity contribution in [3.63, 3.8) is 0 Å². The number of carbonyl (C=O) groups excluding carboxylic acids is 1. The fourth-order valence-electron chi connectivity index (χ4n) is 2.79. The van der Waals surface area contributed by atoms with Gasteiger partial charge in [0.05, 0.1) is 11.6 Å². The molecule has 0 aliphatic carbocycles. The van der Waals surface area contributed by atoms with Crippen LogP contribution in [0.2, 0.25) is 0 Å². The van der Waals surface area contributed by atoms with E-state index in [0.717, 1.165) is 11.6 Å². The van der Waals surface area contributed by atoms with Crippen molar-refractivity contribution in [1.29, 1.82) is 0 Å². The third kappa shape index (κ3) is 3.57. The summed E-state index contributed by atoms with van der Waals surface area (Å²) in [5.74, 6) is -1.56. The van der Waals surface area contributed by atoms with E-state index in [9.17, 15) is 13.6 Å². The molecule has 132 valence electrons. The molecule has 2 aromatic rings. The van der Waals surface area contributed by atoms with E-state index in [1.165, 1.54) is 12.1 Å². The number of benzene rings is 2. The van der Waals surface area contributed by atoms with Crippen LogP contribution >= 0.6 is 0 Å². The van der Waals surface area contributed by atoms with Gasteiger partial charge in [0.1, 0.15) is 13.2 Å². The monoisotopic (exact) mass is 347 g/mol. The summed E-state index contributed by atoms with van der Waals surface area (Å²) in [6.07, 6.45) is 0. The zero-order valence-corrected chi connectivity index (χ0v) is 14.0. The molecular formula is C19H19F2NO3. The number of halogens is 2. The average Bonchev–Trinajstić information content (AvgIpc) is 2.61. The summed E-state index contributed by atoms with van der Waals surface area (Å²) in [5.41, 5.74) is 0.493. The molecule has 6 heteroatoms. The van der Waals surface area contributed by atoms with Gasteiger partial charge < -0.3 is 14.8 Å². The van der Waals surface area contributed by atoms with Gasteiger partial charge in [-0.3, -0.25) is 4.79 Å². The normalized spacial score (nSPS) is 14.3. The van der Waals surface area contributed by atoms with Gasteiger partial charge in [-0.15, -0.1) is 0 Å². The Bertz CT molecular complexity index is 792. The predicted octanol–water partition coefficient (Wildman–Crippen LogP) is 3.86. The predicted molar refractivity (Wildman–Crippen MR) is 88.8 cm³/mol. The van der Waals surface area contributed by atoms with Gasteiger partial charge in [-0.25, -0.2) is 8.78 Å². The van der Waals surface area contributed by atoms with Gasteiger partial charge in [0.2, 0.25) is 0 Å². The molecule has 4 nitrogen and oxygen atoms in total. The lowest BCUT2D eigenvalue weighted by Gasteiger charge is -2.25. The second kappa shape index (κ2) is 7.09. The van der Waals surface area contributed by atoms with Gasteiger partial charge in [0, 0.05) is 0 Å². The number of rotatable bonds is 4. The molecule has 1 amide bonds. The number of nitrogens with one attached hydrogen (secondary N) is 1. The summed E-state index contributed by atoms with van der Waals surface area (Å²) < 4.78 is 38.3. The molecule has 0 saturated heterocycles. The third-order valence-corrected chi connectivity index (χ3v) is 4.07. The van der Waals surface area contributed by atoms with Crippen molar-refractivity contribution in [3.8, 4) is 11.5 Å². The highest BCUT2D eigenvalue weighted by atomic mass is 19.2. The van der Waals surface area contributed by atoms with Gasteiger partial charge >= 0.3 is 0 Å². The summed E-state index contributed by atoms with van der Waals surface area (Å²) >= 11 is 0. The van der Waals surface area contributed by atoms with Crippen LogP contribution in [0.4, 0.5) is 8.78 Å². The first-order valence-electron chi connectivity index (χ1n) is 8.12. The maximum atomic E-state index is 13.9. The molecule has 0 spiro atoms. The molecule has 1 aliphatic heterocycles. The first-order valence-corrected chi connectivity index (χ1v) is 8.12. The third-order valence-electron chi connectivity index (χ3n) is 4.07. The maximum Gasteiger partial charge on any atom is 0.254 e. The Morgan fingerprint density at radius 1 is 1.08 bits per heavy atom. The Kier molecular flexibility index (Phi) is 4.88.